The summed E-state index contributed by atoms with van der Waals surface area (Å²) >= 11 is 7.47. The molecule has 0 saturated heterocycles. The highest BCUT2D eigenvalue weighted by atomic mass is 32.1. The fourth-order valence-electron chi connectivity index (χ4n) is 2.44. The second-order valence-corrected chi connectivity index (χ2v) is 7.81. The number of aryl methyl sites for hydroxylation is 2. The largest absolute Gasteiger partial charge is 0.344 e. The van der Waals surface area contributed by atoms with Gasteiger partial charge >= 0.3 is 0 Å². The van der Waals surface area contributed by atoms with E-state index in [-0.39, 0.29) is 0 Å². The van der Waals surface area contributed by atoms with Crippen LogP contribution in [-0.4, -0.2) is 42.1 Å². The van der Waals surface area contributed by atoms with Crippen molar-refractivity contribution >= 4 is 34.4 Å². The van der Waals surface area contributed by atoms with Crippen LogP contribution in [0.3, 0.4) is 0 Å². The Labute approximate surface area is 155 Å². The summed E-state index contributed by atoms with van der Waals surface area (Å²) < 4.78 is 0. The molecule has 5 heteroatoms. The van der Waals surface area contributed by atoms with Crippen molar-refractivity contribution in [2.45, 2.75) is 26.8 Å². The Morgan fingerprint density at radius 2 is 1.92 bits per heavy atom. The Kier molecular flexibility index (Phi) is 7.21. The van der Waals surface area contributed by atoms with Crippen LogP contribution in [0, 0.1) is 13.8 Å². The number of rotatable bonds is 7. The molecule has 24 heavy (non-hydrogen) atoms. The van der Waals surface area contributed by atoms with Gasteiger partial charge in [0.1, 0.15) is 0 Å². The molecule has 0 amide bonds. The van der Waals surface area contributed by atoms with Crippen molar-refractivity contribution in [3.05, 3.63) is 51.7 Å². The molecule has 1 heterocycles. The Bertz CT molecular complexity index is 651. The highest BCUT2D eigenvalue weighted by molar-refractivity contribution is 7.80. The van der Waals surface area contributed by atoms with Crippen molar-refractivity contribution < 1.29 is 0 Å². The third kappa shape index (κ3) is 5.89. The summed E-state index contributed by atoms with van der Waals surface area (Å²) in [6, 6.07) is 10.7. The van der Waals surface area contributed by atoms with Gasteiger partial charge in [0.15, 0.2) is 5.11 Å². The number of hydrogen-bond donors (Lipinski definition) is 1. The molecule has 0 bridgehead atoms. The van der Waals surface area contributed by atoms with Gasteiger partial charge in [0, 0.05) is 17.1 Å². The molecule has 0 spiro atoms. The zero-order valence-electron chi connectivity index (χ0n) is 15.0. The summed E-state index contributed by atoms with van der Waals surface area (Å²) in [4.78, 5) is 5.81. The molecule has 0 aliphatic rings. The molecule has 0 radical (unpaired) electrons. The lowest BCUT2D eigenvalue weighted by atomic mass is 10.1. The van der Waals surface area contributed by atoms with Crippen molar-refractivity contribution in [3.8, 4) is 0 Å². The lowest BCUT2D eigenvalue weighted by Crippen LogP contribution is -2.36. The van der Waals surface area contributed by atoms with Gasteiger partial charge in [-0.2, -0.15) is 0 Å². The molecule has 0 saturated carbocycles. The summed E-state index contributed by atoms with van der Waals surface area (Å²) in [7, 11) is 4.21. The molecule has 0 aliphatic carbocycles. The molecule has 1 aromatic heterocycles. The van der Waals surface area contributed by atoms with Crippen molar-refractivity contribution in [1.82, 2.24) is 9.80 Å². The van der Waals surface area contributed by atoms with Gasteiger partial charge in [-0.25, -0.2) is 0 Å². The summed E-state index contributed by atoms with van der Waals surface area (Å²) in [5, 5.41) is 6.32. The van der Waals surface area contributed by atoms with Crippen molar-refractivity contribution in [3.63, 3.8) is 0 Å². The molecule has 2 rings (SSSR count). The van der Waals surface area contributed by atoms with E-state index in [0.717, 1.165) is 36.9 Å². The van der Waals surface area contributed by atoms with Gasteiger partial charge in [-0.3, -0.25) is 0 Å². The van der Waals surface area contributed by atoms with E-state index in [2.05, 4.69) is 78.8 Å². The third-order valence-corrected chi connectivity index (χ3v) is 5.23. The molecular formula is C19H27N3S2. The van der Waals surface area contributed by atoms with Crippen LogP contribution < -0.4 is 5.32 Å². The predicted molar refractivity (Wildman–Crippen MR) is 110 cm³/mol. The minimum Gasteiger partial charge on any atom is -0.344 e. The Hall–Kier alpha value is -1.43. The van der Waals surface area contributed by atoms with Crippen LogP contribution in [0.25, 0.3) is 0 Å². The van der Waals surface area contributed by atoms with E-state index in [0.29, 0.717) is 0 Å². The fourth-order valence-corrected chi connectivity index (χ4v) is 3.44. The molecule has 1 N–H and O–H groups in total. The zero-order valence-corrected chi connectivity index (χ0v) is 16.6. The van der Waals surface area contributed by atoms with Crippen molar-refractivity contribution in [2.75, 3.05) is 32.5 Å². The van der Waals surface area contributed by atoms with E-state index < -0.39 is 0 Å². The average Bonchev–Trinajstić information content (AvgIpc) is 3.02. The topological polar surface area (TPSA) is 18.5 Å². The van der Waals surface area contributed by atoms with Crippen LogP contribution in [-0.2, 0) is 6.54 Å². The van der Waals surface area contributed by atoms with E-state index >= 15 is 0 Å². The second kappa shape index (κ2) is 9.16. The van der Waals surface area contributed by atoms with E-state index in [1.54, 1.807) is 11.3 Å². The SMILES string of the molecule is Cc1ccc(NC(=S)N(CCCN(C)C)Cc2cccs2)cc1C. The average molecular weight is 362 g/mol. The summed E-state index contributed by atoms with van der Waals surface area (Å²) in [6.45, 7) is 7.13. The van der Waals surface area contributed by atoms with Gasteiger partial charge in [0.2, 0.25) is 0 Å². The molecule has 0 unspecified atom stereocenters. The minimum atomic E-state index is 0.797. The number of nitrogens with zero attached hydrogens (tertiary/aromatic N) is 2. The van der Waals surface area contributed by atoms with E-state index in [9.17, 15) is 0 Å². The Morgan fingerprint density at radius 3 is 2.54 bits per heavy atom. The van der Waals surface area contributed by atoms with Crippen LogP contribution in [0.4, 0.5) is 5.69 Å². The maximum absolute atomic E-state index is 5.69. The Balaban J connectivity index is 2.03. The molecule has 130 valence electrons. The molecule has 1 aromatic carbocycles. The van der Waals surface area contributed by atoms with Crippen LogP contribution in [0.5, 0.6) is 0 Å². The van der Waals surface area contributed by atoms with Gasteiger partial charge in [-0.05, 0) is 87.8 Å². The smallest absolute Gasteiger partial charge is 0.173 e. The number of thiophene rings is 1. The summed E-state index contributed by atoms with van der Waals surface area (Å²) in [5.74, 6) is 0. The maximum Gasteiger partial charge on any atom is 0.173 e. The van der Waals surface area contributed by atoms with E-state index in [1.807, 2.05) is 0 Å². The monoisotopic (exact) mass is 361 g/mol. The molecule has 0 fully saturated rings. The number of hydrogen-bond acceptors (Lipinski definition) is 3. The maximum atomic E-state index is 5.69. The third-order valence-electron chi connectivity index (χ3n) is 4.01. The molecular weight excluding hydrogens is 334 g/mol. The first-order valence-electron chi connectivity index (χ1n) is 8.26. The first-order valence-corrected chi connectivity index (χ1v) is 9.55. The van der Waals surface area contributed by atoms with Gasteiger partial charge in [0.05, 0.1) is 6.54 Å². The highest BCUT2D eigenvalue weighted by Gasteiger charge is 2.12. The summed E-state index contributed by atoms with van der Waals surface area (Å²) in [6.07, 6.45) is 1.09. The number of nitrogens with one attached hydrogen (secondary N) is 1. The molecule has 2 aromatic rings. The second-order valence-electron chi connectivity index (χ2n) is 6.39. The quantitative estimate of drug-likeness (QED) is 0.731. The first-order chi connectivity index (χ1) is 11.5. The molecule has 3 nitrogen and oxygen atoms in total. The first kappa shape index (κ1) is 18.9. The Morgan fingerprint density at radius 1 is 1.12 bits per heavy atom. The van der Waals surface area contributed by atoms with Crippen LogP contribution >= 0.6 is 23.6 Å². The minimum absolute atomic E-state index is 0.797. The van der Waals surface area contributed by atoms with Crippen LogP contribution in [0.1, 0.15) is 22.4 Å². The van der Waals surface area contributed by atoms with Crippen molar-refractivity contribution in [1.29, 1.82) is 0 Å². The van der Waals surface area contributed by atoms with Gasteiger partial charge in [-0.15, -0.1) is 11.3 Å². The lowest BCUT2D eigenvalue weighted by Gasteiger charge is -2.26. The van der Waals surface area contributed by atoms with Gasteiger partial charge < -0.3 is 15.1 Å². The van der Waals surface area contributed by atoms with E-state index in [1.165, 1.54) is 16.0 Å². The van der Waals surface area contributed by atoms with Crippen molar-refractivity contribution in [2.24, 2.45) is 0 Å². The van der Waals surface area contributed by atoms with E-state index in [4.69, 9.17) is 12.2 Å². The molecule has 0 aliphatic heterocycles. The number of benzene rings is 1. The highest BCUT2D eigenvalue weighted by Crippen LogP contribution is 2.17. The van der Waals surface area contributed by atoms with Gasteiger partial charge in [0.25, 0.3) is 0 Å². The summed E-state index contributed by atoms with van der Waals surface area (Å²) in [5.41, 5.74) is 3.64. The molecule has 0 atom stereocenters. The number of anilines is 1. The number of thiocarbonyl (C=S) groups is 1. The van der Waals surface area contributed by atoms with Gasteiger partial charge in [-0.1, -0.05) is 12.1 Å². The normalized spacial score (nSPS) is 10.9. The standard InChI is InChI=1S/C19H27N3S2/c1-15-8-9-17(13-16(15)2)20-19(23)22(11-6-10-21(3)4)14-18-7-5-12-24-18/h5,7-9,12-13H,6,10-11,14H2,1-4H3,(H,20,23). The zero-order chi connectivity index (χ0) is 17.5. The van der Waals surface area contributed by atoms with Crippen LogP contribution in [0.2, 0.25) is 0 Å². The lowest BCUT2D eigenvalue weighted by molar-refractivity contribution is 0.347. The fraction of sp³-hybridized carbons (Fsp3) is 0.421. The predicted octanol–water partition coefficient (Wildman–Crippen LogP) is 4.52. The van der Waals surface area contributed by atoms with Crippen LogP contribution in [0.15, 0.2) is 35.7 Å².